The zero-order valence-corrected chi connectivity index (χ0v) is 15.7. The number of para-hydroxylation sites is 1. The maximum absolute atomic E-state index is 4.61. The SMILES string of the molecule is Cc1cc(NCc2cccnc2)nc(Nc2ccccc2C(C)(C)C)n1. The van der Waals surface area contributed by atoms with Crippen molar-refractivity contribution in [3.8, 4) is 0 Å². The molecule has 0 atom stereocenters. The molecule has 3 aromatic rings. The standard InChI is InChI=1S/C21H25N5/c1-15-12-19(23-14-16-8-7-11-22-13-16)26-20(24-15)25-18-10-6-5-9-17(18)21(2,3)4/h5-13H,14H2,1-4H3,(H2,23,24,25,26). The molecule has 0 aliphatic carbocycles. The summed E-state index contributed by atoms with van der Waals surface area (Å²) in [6.45, 7) is 9.24. The van der Waals surface area contributed by atoms with Crippen LogP contribution in [0, 0.1) is 6.92 Å². The number of rotatable bonds is 5. The highest BCUT2D eigenvalue weighted by molar-refractivity contribution is 5.61. The summed E-state index contributed by atoms with van der Waals surface area (Å²) in [7, 11) is 0. The Labute approximate surface area is 154 Å². The first kappa shape index (κ1) is 17.9. The Kier molecular flexibility index (Phi) is 5.16. The minimum absolute atomic E-state index is 0.0365. The second-order valence-electron chi connectivity index (χ2n) is 7.35. The average Bonchev–Trinajstić information content (AvgIpc) is 2.60. The first-order chi connectivity index (χ1) is 12.4. The van der Waals surface area contributed by atoms with Gasteiger partial charge < -0.3 is 10.6 Å². The maximum atomic E-state index is 4.61. The third kappa shape index (κ3) is 4.57. The number of aromatic nitrogens is 3. The zero-order chi connectivity index (χ0) is 18.6. The summed E-state index contributed by atoms with van der Waals surface area (Å²) < 4.78 is 0. The van der Waals surface area contributed by atoms with Gasteiger partial charge in [-0.1, -0.05) is 45.0 Å². The lowest BCUT2D eigenvalue weighted by atomic mass is 9.86. The second kappa shape index (κ2) is 7.52. The van der Waals surface area contributed by atoms with Crippen molar-refractivity contribution < 1.29 is 0 Å². The van der Waals surface area contributed by atoms with Crippen LogP contribution in [0.5, 0.6) is 0 Å². The van der Waals surface area contributed by atoms with Crippen LogP contribution in [0.25, 0.3) is 0 Å². The van der Waals surface area contributed by atoms with E-state index in [1.807, 2.05) is 37.4 Å². The summed E-state index contributed by atoms with van der Waals surface area (Å²) in [4.78, 5) is 13.3. The average molecular weight is 347 g/mol. The van der Waals surface area contributed by atoms with Crippen molar-refractivity contribution in [1.82, 2.24) is 15.0 Å². The molecule has 2 aromatic heterocycles. The third-order valence-corrected chi connectivity index (χ3v) is 4.03. The Morgan fingerprint density at radius 1 is 1.00 bits per heavy atom. The molecule has 5 heteroatoms. The minimum Gasteiger partial charge on any atom is -0.366 e. The monoisotopic (exact) mass is 347 g/mol. The van der Waals surface area contributed by atoms with E-state index in [4.69, 9.17) is 0 Å². The molecule has 0 saturated heterocycles. The van der Waals surface area contributed by atoms with Crippen LogP contribution in [-0.2, 0) is 12.0 Å². The van der Waals surface area contributed by atoms with Gasteiger partial charge in [-0.2, -0.15) is 4.98 Å². The Morgan fingerprint density at radius 2 is 1.81 bits per heavy atom. The van der Waals surface area contributed by atoms with Gasteiger partial charge in [-0.05, 0) is 35.6 Å². The van der Waals surface area contributed by atoms with Crippen LogP contribution in [-0.4, -0.2) is 15.0 Å². The summed E-state index contributed by atoms with van der Waals surface area (Å²) in [6, 6.07) is 14.2. The Hall–Kier alpha value is -2.95. The van der Waals surface area contributed by atoms with E-state index >= 15 is 0 Å². The number of aryl methyl sites for hydroxylation is 1. The Morgan fingerprint density at radius 3 is 2.54 bits per heavy atom. The number of nitrogens with one attached hydrogen (secondary N) is 2. The van der Waals surface area contributed by atoms with Gasteiger partial charge in [0.2, 0.25) is 5.95 Å². The van der Waals surface area contributed by atoms with Crippen molar-refractivity contribution in [3.05, 3.63) is 71.7 Å². The van der Waals surface area contributed by atoms with Gasteiger partial charge >= 0.3 is 0 Å². The fraction of sp³-hybridized carbons (Fsp3) is 0.286. The molecule has 26 heavy (non-hydrogen) atoms. The van der Waals surface area contributed by atoms with Gasteiger partial charge in [0.05, 0.1) is 0 Å². The van der Waals surface area contributed by atoms with E-state index in [2.05, 4.69) is 64.6 Å². The van der Waals surface area contributed by atoms with Crippen LogP contribution >= 0.6 is 0 Å². The lowest BCUT2D eigenvalue weighted by molar-refractivity contribution is 0.592. The number of hydrogen-bond acceptors (Lipinski definition) is 5. The predicted molar refractivity (Wildman–Crippen MR) is 107 cm³/mol. The number of pyridine rings is 1. The second-order valence-corrected chi connectivity index (χ2v) is 7.35. The topological polar surface area (TPSA) is 62.7 Å². The fourth-order valence-electron chi connectivity index (χ4n) is 2.78. The first-order valence-electron chi connectivity index (χ1n) is 8.77. The van der Waals surface area contributed by atoms with Crippen LogP contribution in [0.15, 0.2) is 54.9 Å². The van der Waals surface area contributed by atoms with Crippen molar-refractivity contribution in [1.29, 1.82) is 0 Å². The Bertz CT molecular complexity index is 869. The molecule has 0 spiro atoms. The highest BCUT2D eigenvalue weighted by Crippen LogP contribution is 2.30. The minimum atomic E-state index is 0.0365. The van der Waals surface area contributed by atoms with Crippen LogP contribution in [0.3, 0.4) is 0 Å². The Balaban J connectivity index is 1.80. The van der Waals surface area contributed by atoms with E-state index in [0.29, 0.717) is 12.5 Å². The van der Waals surface area contributed by atoms with E-state index in [-0.39, 0.29) is 5.41 Å². The molecule has 0 aliphatic heterocycles. The predicted octanol–water partition coefficient (Wildman–Crippen LogP) is 4.83. The van der Waals surface area contributed by atoms with Gasteiger partial charge in [0.15, 0.2) is 0 Å². The highest BCUT2D eigenvalue weighted by Gasteiger charge is 2.18. The maximum Gasteiger partial charge on any atom is 0.229 e. The van der Waals surface area contributed by atoms with Crippen LogP contribution < -0.4 is 10.6 Å². The summed E-state index contributed by atoms with van der Waals surface area (Å²) in [5, 5.41) is 6.73. The number of benzene rings is 1. The molecule has 0 amide bonds. The van der Waals surface area contributed by atoms with Crippen LogP contribution in [0.4, 0.5) is 17.5 Å². The fourth-order valence-corrected chi connectivity index (χ4v) is 2.78. The van der Waals surface area contributed by atoms with Crippen molar-refractivity contribution in [2.75, 3.05) is 10.6 Å². The van der Waals surface area contributed by atoms with E-state index < -0.39 is 0 Å². The van der Waals surface area contributed by atoms with Crippen LogP contribution in [0.2, 0.25) is 0 Å². The van der Waals surface area contributed by atoms with Gasteiger partial charge in [-0.3, -0.25) is 4.98 Å². The van der Waals surface area contributed by atoms with Gasteiger partial charge in [0.25, 0.3) is 0 Å². The van der Waals surface area contributed by atoms with E-state index in [1.165, 1.54) is 5.56 Å². The number of nitrogens with zero attached hydrogens (tertiary/aromatic N) is 3. The molecule has 0 fully saturated rings. The van der Waals surface area contributed by atoms with Gasteiger partial charge in [-0.15, -0.1) is 0 Å². The number of anilines is 3. The van der Waals surface area contributed by atoms with Crippen molar-refractivity contribution in [3.63, 3.8) is 0 Å². The molecule has 0 radical (unpaired) electrons. The quantitative estimate of drug-likeness (QED) is 0.692. The lowest BCUT2D eigenvalue weighted by Gasteiger charge is -2.23. The van der Waals surface area contributed by atoms with E-state index in [9.17, 15) is 0 Å². The zero-order valence-electron chi connectivity index (χ0n) is 15.7. The van der Waals surface area contributed by atoms with Crippen molar-refractivity contribution >= 4 is 17.5 Å². The molecule has 2 heterocycles. The molecule has 3 rings (SSSR count). The van der Waals surface area contributed by atoms with Gasteiger partial charge in [0.1, 0.15) is 5.82 Å². The smallest absolute Gasteiger partial charge is 0.229 e. The van der Waals surface area contributed by atoms with E-state index in [1.54, 1.807) is 6.20 Å². The summed E-state index contributed by atoms with van der Waals surface area (Å²) in [6.07, 6.45) is 3.62. The molecule has 134 valence electrons. The molecule has 5 nitrogen and oxygen atoms in total. The molecule has 0 saturated carbocycles. The summed E-state index contributed by atoms with van der Waals surface area (Å²) in [5.41, 5.74) is 4.31. The van der Waals surface area contributed by atoms with Gasteiger partial charge in [-0.25, -0.2) is 4.98 Å². The largest absolute Gasteiger partial charge is 0.366 e. The highest BCUT2D eigenvalue weighted by atomic mass is 15.1. The molecular weight excluding hydrogens is 322 g/mol. The lowest BCUT2D eigenvalue weighted by Crippen LogP contribution is -2.14. The first-order valence-corrected chi connectivity index (χ1v) is 8.77. The summed E-state index contributed by atoms with van der Waals surface area (Å²) in [5.74, 6) is 1.38. The van der Waals surface area contributed by atoms with Crippen LogP contribution in [0.1, 0.15) is 37.6 Å². The van der Waals surface area contributed by atoms with E-state index in [0.717, 1.165) is 22.8 Å². The summed E-state index contributed by atoms with van der Waals surface area (Å²) >= 11 is 0. The molecule has 2 N–H and O–H groups in total. The van der Waals surface area contributed by atoms with Crippen molar-refractivity contribution in [2.24, 2.45) is 0 Å². The molecular formula is C21H25N5. The molecule has 0 aliphatic rings. The van der Waals surface area contributed by atoms with Crippen molar-refractivity contribution in [2.45, 2.75) is 39.7 Å². The third-order valence-electron chi connectivity index (χ3n) is 4.03. The molecule has 0 bridgehead atoms. The number of hydrogen-bond donors (Lipinski definition) is 2. The molecule has 1 aromatic carbocycles. The normalized spacial score (nSPS) is 11.2. The van der Waals surface area contributed by atoms with Gasteiger partial charge in [0, 0.05) is 36.4 Å². The molecule has 0 unspecified atom stereocenters.